The first-order valence-corrected chi connectivity index (χ1v) is 7.03. The highest BCUT2D eigenvalue weighted by Gasteiger charge is 2.18. The molecular weight excluding hydrogens is 350 g/mol. The number of hydrogen-bond acceptors (Lipinski definition) is 2. The molecular formula is C14H12BrClF2N2. The second kappa shape index (κ2) is 6.63. The molecule has 0 aliphatic heterocycles. The van der Waals surface area contributed by atoms with E-state index in [0.717, 1.165) is 22.2 Å². The Labute approximate surface area is 129 Å². The summed E-state index contributed by atoms with van der Waals surface area (Å²) in [6.07, 6.45) is 0.425. The van der Waals surface area contributed by atoms with Gasteiger partial charge in [0.15, 0.2) is 0 Å². The Morgan fingerprint density at radius 2 is 1.95 bits per heavy atom. The molecule has 0 bridgehead atoms. The summed E-state index contributed by atoms with van der Waals surface area (Å²) >= 11 is 8.90. The maximum Gasteiger partial charge on any atom is 0.142 e. The summed E-state index contributed by atoms with van der Waals surface area (Å²) in [4.78, 5) is 0. The molecule has 20 heavy (non-hydrogen) atoms. The molecule has 6 heteroatoms. The topological polar surface area (TPSA) is 38.0 Å². The van der Waals surface area contributed by atoms with Crippen molar-refractivity contribution in [2.24, 2.45) is 5.84 Å². The zero-order valence-electron chi connectivity index (χ0n) is 10.3. The van der Waals surface area contributed by atoms with Gasteiger partial charge in [-0.05, 0) is 36.2 Å². The van der Waals surface area contributed by atoms with E-state index in [1.165, 1.54) is 0 Å². The van der Waals surface area contributed by atoms with Crippen LogP contribution in [0, 0.1) is 11.6 Å². The lowest BCUT2D eigenvalue weighted by atomic mass is 9.99. The van der Waals surface area contributed by atoms with Crippen molar-refractivity contribution < 1.29 is 8.78 Å². The lowest BCUT2D eigenvalue weighted by Gasteiger charge is -2.18. The molecule has 1 atom stereocenters. The van der Waals surface area contributed by atoms with E-state index >= 15 is 0 Å². The van der Waals surface area contributed by atoms with E-state index in [1.807, 2.05) is 24.3 Å². The molecule has 0 aliphatic carbocycles. The Morgan fingerprint density at radius 1 is 1.20 bits per heavy atom. The summed E-state index contributed by atoms with van der Waals surface area (Å²) in [6, 6.07) is 9.02. The van der Waals surface area contributed by atoms with E-state index in [4.69, 9.17) is 17.4 Å². The van der Waals surface area contributed by atoms with Crippen LogP contribution in [-0.4, -0.2) is 0 Å². The van der Waals surface area contributed by atoms with Gasteiger partial charge in [0, 0.05) is 10.0 Å². The number of benzene rings is 2. The van der Waals surface area contributed by atoms with Crippen molar-refractivity contribution in [1.29, 1.82) is 0 Å². The van der Waals surface area contributed by atoms with Crippen LogP contribution < -0.4 is 11.3 Å². The van der Waals surface area contributed by atoms with E-state index in [-0.39, 0.29) is 10.6 Å². The molecule has 0 radical (unpaired) electrons. The average Bonchev–Trinajstić information content (AvgIpc) is 2.40. The third-order valence-electron chi connectivity index (χ3n) is 2.95. The SMILES string of the molecule is NNC(Cc1cccc(Br)c1)c1cc(F)c(Cl)cc1F. The fourth-order valence-corrected chi connectivity index (χ4v) is 2.56. The van der Waals surface area contributed by atoms with Crippen molar-refractivity contribution in [1.82, 2.24) is 5.43 Å². The first-order valence-electron chi connectivity index (χ1n) is 5.86. The fourth-order valence-electron chi connectivity index (χ4n) is 1.96. The normalized spacial score (nSPS) is 12.4. The molecule has 2 rings (SSSR count). The zero-order chi connectivity index (χ0) is 14.7. The maximum absolute atomic E-state index is 13.9. The van der Waals surface area contributed by atoms with Crippen LogP contribution in [0.4, 0.5) is 8.78 Å². The van der Waals surface area contributed by atoms with Crippen LogP contribution in [0.5, 0.6) is 0 Å². The van der Waals surface area contributed by atoms with Crippen LogP contribution in [0.2, 0.25) is 5.02 Å². The van der Waals surface area contributed by atoms with Crippen molar-refractivity contribution in [3.8, 4) is 0 Å². The van der Waals surface area contributed by atoms with Gasteiger partial charge in [-0.3, -0.25) is 11.3 Å². The average molecular weight is 362 g/mol. The Hall–Kier alpha value is -1.01. The molecule has 0 fully saturated rings. The summed E-state index contributed by atoms with van der Waals surface area (Å²) in [5.74, 6) is 4.21. The number of hydrogen-bond donors (Lipinski definition) is 2. The molecule has 0 saturated heterocycles. The van der Waals surface area contributed by atoms with E-state index in [2.05, 4.69) is 21.4 Å². The van der Waals surface area contributed by atoms with Gasteiger partial charge in [-0.25, -0.2) is 8.78 Å². The minimum Gasteiger partial charge on any atom is -0.271 e. The van der Waals surface area contributed by atoms with Crippen LogP contribution >= 0.6 is 27.5 Å². The van der Waals surface area contributed by atoms with Crippen molar-refractivity contribution in [3.05, 3.63) is 68.7 Å². The molecule has 0 heterocycles. The Balaban J connectivity index is 2.31. The first kappa shape index (κ1) is 15.4. The molecule has 2 nitrogen and oxygen atoms in total. The van der Waals surface area contributed by atoms with Gasteiger partial charge >= 0.3 is 0 Å². The zero-order valence-corrected chi connectivity index (χ0v) is 12.7. The molecule has 2 aromatic carbocycles. The number of rotatable bonds is 4. The minimum absolute atomic E-state index is 0.148. The van der Waals surface area contributed by atoms with Gasteiger partial charge < -0.3 is 0 Å². The van der Waals surface area contributed by atoms with Crippen molar-refractivity contribution in [3.63, 3.8) is 0 Å². The van der Waals surface area contributed by atoms with Gasteiger partial charge in [0.2, 0.25) is 0 Å². The van der Waals surface area contributed by atoms with Crippen molar-refractivity contribution >= 4 is 27.5 Å². The molecule has 1 unspecified atom stereocenters. The quantitative estimate of drug-likeness (QED) is 0.488. The highest BCUT2D eigenvalue weighted by molar-refractivity contribution is 9.10. The monoisotopic (exact) mass is 360 g/mol. The second-order valence-electron chi connectivity index (χ2n) is 4.34. The molecule has 0 amide bonds. The smallest absolute Gasteiger partial charge is 0.142 e. The van der Waals surface area contributed by atoms with E-state index in [0.29, 0.717) is 6.42 Å². The molecule has 106 valence electrons. The summed E-state index contributed by atoms with van der Waals surface area (Å²) in [7, 11) is 0. The van der Waals surface area contributed by atoms with Gasteiger partial charge in [0.25, 0.3) is 0 Å². The predicted molar refractivity (Wildman–Crippen MR) is 79.3 cm³/mol. The largest absolute Gasteiger partial charge is 0.271 e. The van der Waals surface area contributed by atoms with Crippen LogP contribution in [0.1, 0.15) is 17.2 Å². The maximum atomic E-state index is 13.9. The Bertz CT molecular complexity index is 622. The Kier molecular flexibility index (Phi) is 5.10. The second-order valence-corrected chi connectivity index (χ2v) is 5.66. The molecule has 0 aromatic heterocycles. The van der Waals surface area contributed by atoms with Crippen molar-refractivity contribution in [2.45, 2.75) is 12.5 Å². The summed E-state index contributed by atoms with van der Waals surface area (Å²) in [6.45, 7) is 0. The highest BCUT2D eigenvalue weighted by atomic mass is 79.9. The van der Waals surface area contributed by atoms with E-state index < -0.39 is 17.7 Å². The number of nitrogens with two attached hydrogens (primary N) is 1. The molecule has 0 aliphatic rings. The number of nitrogens with one attached hydrogen (secondary N) is 1. The fraction of sp³-hybridized carbons (Fsp3) is 0.143. The number of hydrazine groups is 1. The lowest BCUT2D eigenvalue weighted by molar-refractivity contribution is 0.502. The van der Waals surface area contributed by atoms with E-state index in [9.17, 15) is 8.78 Å². The summed E-state index contributed by atoms with van der Waals surface area (Å²) in [5.41, 5.74) is 3.60. The van der Waals surface area contributed by atoms with Gasteiger partial charge in [0.05, 0.1) is 11.1 Å². The third kappa shape index (κ3) is 3.55. The molecule has 0 spiro atoms. The standard InChI is InChI=1S/C14H12BrClF2N2/c15-9-3-1-2-8(4-9)5-14(20-19)10-6-13(18)11(16)7-12(10)17/h1-4,6-7,14,20H,5,19H2. The van der Waals surface area contributed by atoms with Crippen LogP contribution in [0.25, 0.3) is 0 Å². The van der Waals surface area contributed by atoms with Crippen LogP contribution in [0.3, 0.4) is 0 Å². The first-order chi connectivity index (χ1) is 9.51. The van der Waals surface area contributed by atoms with E-state index in [1.54, 1.807) is 0 Å². The van der Waals surface area contributed by atoms with Crippen LogP contribution in [-0.2, 0) is 6.42 Å². The predicted octanol–water partition coefficient (Wildman–Crippen LogP) is 4.13. The third-order valence-corrected chi connectivity index (χ3v) is 3.73. The molecule has 3 N–H and O–H groups in total. The van der Waals surface area contributed by atoms with Crippen LogP contribution in [0.15, 0.2) is 40.9 Å². The molecule has 2 aromatic rings. The van der Waals surface area contributed by atoms with Gasteiger partial charge in [-0.2, -0.15) is 0 Å². The van der Waals surface area contributed by atoms with Gasteiger partial charge in [0.1, 0.15) is 11.6 Å². The van der Waals surface area contributed by atoms with Gasteiger partial charge in [-0.15, -0.1) is 0 Å². The van der Waals surface area contributed by atoms with Gasteiger partial charge in [-0.1, -0.05) is 39.7 Å². The Morgan fingerprint density at radius 3 is 2.60 bits per heavy atom. The summed E-state index contributed by atoms with van der Waals surface area (Å²) in [5, 5.41) is -0.246. The number of halogens is 4. The highest BCUT2D eigenvalue weighted by Crippen LogP contribution is 2.26. The van der Waals surface area contributed by atoms with Crippen molar-refractivity contribution in [2.75, 3.05) is 0 Å². The summed E-state index contributed by atoms with van der Waals surface area (Å²) < 4.78 is 28.3. The minimum atomic E-state index is -0.669. The molecule has 0 saturated carbocycles. The lowest BCUT2D eigenvalue weighted by Crippen LogP contribution is -2.30.